The summed E-state index contributed by atoms with van der Waals surface area (Å²) >= 11 is 0. The number of ketones is 1. The van der Waals surface area contributed by atoms with Crippen LogP contribution in [0.2, 0.25) is 0 Å². The molecule has 1 aromatic rings. The first kappa shape index (κ1) is 14.1. The number of amides is 2. The van der Waals surface area contributed by atoms with Crippen molar-refractivity contribution in [2.75, 3.05) is 6.54 Å². The van der Waals surface area contributed by atoms with E-state index in [2.05, 4.69) is 11.9 Å². The van der Waals surface area contributed by atoms with Gasteiger partial charge >= 0.3 is 6.03 Å². The molecule has 1 aliphatic heterocycles. The number of carbonyl (C=O) groups excluding carboxylic acids is 2. The number of rotatable bonds is 4. The molecule has 0 radical (unpaired) electrons. The number of carbonyl (C=O) groups is 2. The molecule has 1 aromatic carbocycles. The lowest BCUT2D eigenvalue weighted by Crippen LogP contribution is -2.47. The molecular formula is C16H18N2O2. The van der Waals surface area contributed by atoms with Gasteiger partial charge in [-0.2, -0.15) is 0 Å². The average molecular weight is 270 g/mol. The van der Waals surface area contributed by atoms with Crippen molar-refractivity contribution in [3.63, 3.8) is 0 Å². The van der Waals surface area contributed by atoms with Crippen LogP contribution in [0.3, 0.4) is 0 Å². The van der Waals surface area contributed by atoms with Gasteiger partial charge in [-0.3, -0.25) is 9.69 Å². The lowest BCUT2D eigenvalue weighted by molar-refractivity contribution is -0.114. The van der Waals surface area contributed by atoms with Crippen LogP contribution in [0.4, 0.5) is 4.79 Å². The fraction of sp³-hybridized carbons (Fsp3) is 0.250. The Bertz CT molecular complexity index is 575. The topological polar surface area (TPSA) is 49.4 Å². The molecule has 0 spiro atoms. The van der Waals surface area contributed by atoms with Gasteiger partial charge in [0, 0.05) is 17.8 Å². The second-order valence-corrected chi connectivity index (χ2v) is 4.75. The highest BCUT2D eigenvalue weighted by Crippen LogP contribution is 2.30. The van der Waals surface area contributed by atoms with Crippen molar-refractivity contribution < 1.29 is 9.59 Å². The number of Topliss-reactive ketones (excluding diaryl/α,β-unsaturated/α-hetero) is 1. The van der Waals surface area contributed by atoms with E-state index in [1.165, 1.54) is 11.8 Å². The highest BCUT2D eigenvalue weighted by atomic mass is 16.2. The van der Waals surface area contributed by atoms with Crippen molar-refractivity contribution in [1.82, 2.24) is 10.2 Å². The Morgan fingerprint density at radius 2 is 2.05 bits per heavy atom. The number of hydrogen-bond donors (Lipinski definition) is 1. The first-order valence-corrected chi connectivity index (χ1v) is 6.51. The maximum atomic E-state index is 12.2. The van der Waals surface area contributed by atoms with E-state index < -0.39 is 0 Å². The molecule has 4 nitrogen and oxygen atoms in total. The van der Waals surface area contributed by atoms with Crippen LogP contribution in [-0.2, 0) is 4.79 Å². The summed E-state index contributed by atoms with van der Waals surface area (Å²) in [5.74, 6) is -0.0367. The maximum Gasteiger partial charge on any atom is 0.322 e. The summed E-state index contributed by atoms with van der Waals surface area (Å²) in [6.45, 7) is 7.35. The van der Waals surface area contributed by atoms with Crippen LogP contribution in [0.15, 0.2) is 54.3 Å². The summed E-state index contributed by atoms with van der Waals surface area (Å²) < 4.78 is 0. The standard InChI is InChI=1S/C16H18N2O2/c1-4-10-18-11(2)14(12(3)19)15(17-16(18)20)13-8-6-5-7-9-13/h4-9,15H,1,10H2,2-3H3,(H,17,20). The number of allylic oxidation sites excluding steroid dienone is 1. The molecule has 0 saturated carbocycles. The molecule has 4 heteroatoms. The van der Waals surface area contributed by atoms with Gasteiger partial charge in [-0.1, -0.05) is 36.4 Å². The lowest BCUT2D eigenvalue weighted by Gasteiger charge is -2.35. The van der Waals surface area contributed by atoms with Crippen molar-refractivity contribution in [3.05, 3.63) is 59.8 Å². The van der Waals surface area contributed by atoms with Crippen molar-refractivity contribution in [3.8, 4) is 0 Å². The van der Waals surface area contributed by atoms with E-state index in [4.69, 9.17) is 0 Å². The van der Waals surface area contributed by atoms with Crippen molar-refractivity contribution >= 4 is 11.8 Å². The third-order valence-electron chi connectivity index (χ3n) is 3.42. The van der Waals surface area contributed by atoms with Gasteiger partial charge in [-0.05, 0) is 19.4 Å². The van der Waals surface area contributed by atoms with E-state index in [0.717, 1.165) is 5.56 Å². The Hall–Kier alpha value is -2.36. The predicted octanol–water partition coefficient (Wildman–Crippen LogP) is 2.80. The van der Waals surface area contributed by atoms with Gasteiger partial charge in [0.2, 0.25) is 0 Å². The molecular weight excluding hydrogens is 252 g/mol. The van der Waals surface area contributed by atoms with Crippen molar-refractivity contribution in [2.24, 2.45) is 0 Å². The van der Waals surface area contributed by atoms with Gasteiger partial charge in [-0.25, -0.2) is 4.79 Å². The molecule has 2 rings (SSSR count). The fourth-order valence-electron chi connectivity index (χ4n) is 2.48. The van der Waals surface area contributed by atoms with Gasteiger partial charge in [0.05, 0.1) is 6.04 Å². The third-order valence-corrected chi connectivity index (χ3v) is 3.42. The predicted molar refractivity (Wildman–Crippen MR) is 78.0 cm³/mol. The van der Waals surface area contributed by atoms with Gasteiger partial charge < -0.3 is 5.32 Å². The minimum absolute atomic E-state index is 0.0367. The Kier molecular flexibility index (Phi) is 4.03. The maximum absolute atomic E-state index is 12.2. The zero-order valence-electron chi connectivity index (χ0n) is 11.7. The second-order valence-electron chi connectivity index (χ2n) is 4.75. The summed E-state index contributed by atoms with van der Waals surface area (Å²) in [4.78, 5) is 25.7. The van der Waals surface area contributed by atoms with Gasteiger partial charge in [0.1, 0.15) is 0 Å². The van der Waals surface area contributed by atoms with Crippen LogP contribution in [0.1, 0.15) is 25.5 Å². The van der Waals surface area contributed by atoms with E-state index >= 15 is 0 Å². The number of nitrogens with zero attached hydrogens (tertiary/aromatic N) is 1. The SMILES string of the molecule is C=CCN1C(=O)NC(c2ccccc2)C(C(C)=O)=C1C. The Balaban J connectivity index is 2.51. The molecule has 1 aliphatic rings. The van der Waals surface area contributed by atoms with Crippen LogP contribution in [0, 0.1) is 0 Å². The van der Waals surface area contributed by atoms with Crippen LogP contribution < -0.4 is 5.32 Å². The van der Waals surface area contributed by atoms with Crippen LogP contribution in [0.25, 0.3) is 0 Å². The molecule has 20 heavy (non-hydrogen) atoms. The van der Waals surface area contributed by atoms with Crippen LogP contribution >= 0.6 is 0 Å². The van der Waals surface area contributed by atoms with E-state index in [0.29, 0.717) is 17.8 Å². The molecule has 0 bridgehead atoms. The lowest BCUT2D eigenvalue weighted by atomic mass is 9.92. The van der Waals surface area contributed by atoms with Crippen LogP contribution in [0.5, 0.6) is 0 Å². The highest BCUT2D eigenvalue weighted by molar-refractivity contribution is 5.98. The van der Waals surface area contributed by atoms with E-state index in [-0.39, 0.29) is 17.9 Å². The molecule has 1 unspecified atom stereocenters. The van der Waals surface area contributed by atoms with Gasteiger partial charge in [0.15, 0.2) is 5.78 Å². The molecule has 0 aliphatic carbocycles. The third kappa shape index (κ3) is 2.50. The summed E-state index contributed by atoms with van der Waals surface area (Å²) in [6.07, 6.45) is 1.64. The number of hydrogen-bond acceptors (Lipinski definition) is 2. The number of nitrogens with one attached hydrogen (secondary N) is 1. The van der Waals surface area contributed by atoms with Gasteiger partial charge in [-0.15, -0.1) is 6.58 Å². The number of urea groups is 1. The summed E-state index contributed by atoms with van der Waals surface area (Å²) in [5.41, 5.74) is 2.22. The smallest absolute Gasteiger partial charge is 0.322 e. The highest BCUT2D eigenvalue weighted by Gasteiger charge is 2.33. The monoisotopic (exact) mass is 270 g/mol. The van der Waals surface area contributed by atoms with Crippen molar-refractivity contribution in [1.29, 1.82) is 0 Å². The zero-order chi connectivity index (χ0) is 14.7. The molecule has 0 saturated heterocycles. The summed E-state index contributed by atoms with van der Waals surface area (Å²) in [7, 11) is 0. The second kappa shape index (κ2) is 5.74. The fourth-order valence-corrected chi connectivity index (χ4v) is 2.48. The minimum Gasteiger partial charge on any atom is -0.327 e. The summed E-state index contributed by atoms with van der Waals surface area (Å²) in [6, 6.07) is 8.91. The van der Waals surface area contributed by atoms with Gasteiger partial charge in [0.25, 0.3) is 0 Å². The van der Waals surface area contributed by atoms with Crippen molar-refractivity contribution in [2.45, 2.75) is 19.9 Å². The molecule has 104 valence electrons. The first-order chi connectivity index (χ1) is 9.56. The van der Waals surface area contributed by atoms with E-state index in [1.54, 1.807) is 13.0 Å². The quantitative estimate of drug-likeness (QED) is 0.855. The summed E-state index contributed by atoms with van der Waals surface area (Å²) in [5, 5.41) is 2.89. The van der Waals surface area contributed by atoms with E-state index in [9.17, 15) is 9.59 Å². The largest absolute Gasteiger partial charge is 0.327 e. The molecule has 1 N–H and O–H groups in total. The number of benzene rings is 1. The van der Waals surface area contributed by atoms with E-state index in [1.807, 2.05) is 30.3 Å². The average Bonchev–Trinajstić information content (AvgIpc) is 2.43. The van der Waals surface area contributed by atoms with Crippen LogP contribution in [-0.4, -0.2) is 23.3 Å². The molecule has 0 aromatic heterocycles. The molecule has 1 atom stereocenters. The minimum atomic E-state index is -0.387. The zero-order valence-corrected chi connectivity index (χ0v) is 11.7. The Morgan fingerprint density at radius 1 is 1.40 bits per heavy atom. The normalized spacial score (nSPS) is 18.8. The Morgan fingerprint density at radius 3 is 2.60 bits per heavy atom. The molecule has 2 amide bonds. The Labute approximate surface area is 118 Å². The molecule has 1 heterocycles. The molecule has 0 fully saturated rings. The first-order valence-electron chi connectivity index (χ1n) is 6.51.